The molecule has 1 saturated carbocycles. The minimum absolute atomic E-state index is 0.186. The van der Waals surface area contributed by atoms with Crippen LogP contribution in [0.4, 0.5) is 4.39 Å². The lowest BCUT2D eigenvalue weighted by Gasteiger charge is -2.32. The number of nitrogens with one attached hydrogen (secondary N) is 1. The van der Waals surface area contributed by atoms with Crippen LogP contribution in [0.2, 0.25) is 0 Å². The molecule has 2 aromatic heterocycles. The molecule has 1 aliphatic carbocycles. The number of H-pyrrole nitrogens is 1. The number of aromatic nitrogens is 3. The van der Waals surface area contributed by atoms with Gasteiger partial charge < -0.3 is 4.98 Å². The molecule has 28 heavy (non-hydrogen) atoms. The third kappa shape index (κ3) is 3.07. The molecule has 0 radical (unpaired) electrons. The van der Waals surface area contributed by atoms with Gasteiger partial charge in [-0.25, -0.2) is 9.37 Å². The third-order valence-corrected chi connectivity index (χ3v) is 6.50. The van der Waals surface area contributed by atoms with Crippen LogP contribution in [-0.4, -0.2) is 15.0 Å². The van der Waals surface area contributed by atoms with Crippen molar-refractivity contribution in [2.45, 2.75) is 44.4 Å². The number of rotatable bonds is 3. The fraction of sp³-hybridized carbons (Fsp3) is 0.333. The maximum absolute atomic E-state index is 13.8. The fourth-order valence-corrected chi connectivity index (χ4v) is 4.84. The van der Waals surface area contributed by atoms with Gasteiger partial charge in [0.25, 0.3) is 0 Å². The Balaban J connectivity index is 1.34. The second-order valence-corrected chi connectivity index (χ2v) is 8.10. The highest BCUT2D eigenvalue weighted by Crippen LogP contribution is 2.42. The predicted molar refractivity (Wildman–Crippen MR) is 111 cm³/mol. The van der Waals surface area contributed by atoms with Crippen LogP contribution in [0.15, 0.2) is 54.7 Å². The topological polar surface area (TPSA) is 41.6 Å². The number of benzene rings is 2. The molecule has 2 aromatic carbocycles. The number of nitrogens with zero attached hydrogens (tertiary/aromatic N) is 2. The van der Waals surface area contributed by atoms with Crippen molar-refractivity contribution in [1.82, 2.24) is 15.0 Å². The van der Waals surface area contributed by atoms with Gasteiger partial charge in [0.05, 0.1) is 16.6 Å². The van der Waals surface area contributed by atoms with E-state index in [-0.39, 0.29) is 5.82 Å². The monoisotopic (exact) mass is 373 g/mol. The third-order valence-electron chi connectivity index (χ3n) is 6.50. The Bertz CT molecular complexity index is 1090. The van der Waals surface area contributed by atoms with Gasteiger partial charge in [-0.1, -0.05) is 19.1 Å². The molecule has 1 unspecified atom stereocenters. The number of hydrogen-bond acceptors (Lipinski definition) is 2. The molecule has 1 N–H and O–H groups in total. The van der Waals surface area contributed by atoms with E-state index in [2.05, 4.69) is 35.1 Å². The predicted octanol–water partition coefficient (Wildman–Crippen LogP) is 6.33. The van der Waals surface area contributed by atoms with E-state index in [1.165, 1.54) is 24.5 Å². The average Bonchev–Trinajstić information content (AvgIpc) is 3.17. The van der Waals surface area contributed by atoms with Crippen LogP contribution in [-0.2, 0) is 0 Å². The van der Waals surface area contributed by atoms with E-state index in [0.29, 0.717) is 17.8 Å². The van der Waals surface area contributed by atoms with E-state index in [9.17, 15) is 4.39 Å². The lowest BCUT2D eigenvalue weighted by atomic mass is 9.73. The molecule has 3 nitrogen and oxygen atoms in total. The Morgan fingerprint density at radius 3 is 2.64 bits per heavy atom. The molecule has 4 heteroatoms. The smallest absolute Gasteiger partial charge is 0.123 e. The number of imidazole rings is 1. The Kier molecular flexibility index (Phi) is 4.34. The molecule has 0 spiro atoms. The molecule has 1 fully saturated rings. The van der Waals surface area contributed by atoms with Gasteiger partial charge in [0.15, 0.2) is 0 Å². The molecule has 2 heterocycles. The first-order valence-electron chi connectivity index (χ1n) is 10.2. The van der Waals surface area contributed by atoms with Gasteiger partial charge in [0, 0.05) is 17.5 Å². The maximum atomic E-state index is 13.8. The van der Waals surface area contributed by atoms with E-state index >= 15 is 0 Å². The molecule has 1 atom stereocenters. The van der Waals surface area contributed by atoms with Gasteiger partial charge >= 0.3 is 0 Å². The minimum atomic E-state index is -0.186. The van der Waals surface area contributed by atoms with Crippen molar-refractivity contribution >= 4 is 21.9 Å². The van der Waals surface area contributed by atoms with Crippen LogP contribution in [0, 0.1) is 11.7 Å². The number of fused-ring (bicyclic) bond motifs is 2. The molecular formula is C24H24FN3. The van der Waals surface area contributed by atoms with Crippen LogP contribution >= 0.6 is 0 Å². The number of hydrogen-bond donors (Lipinski definition) is 1. The summed E-state index contributed by atoms with van der Waals surface area (Å²) in [6, 6.07) is 15.2. The molecule has 1 aliphatic rings. The average molecular weight is 373 g/mol. The van der Waals surface area contributed by atoms with Gasteiger partial charge in [-0.15, -0.1) is 0 Å². The van der Waals surface area contributed by atoms with Crippen LogP contribution < -0.4 is 0 Å². The summed E-state index contributed by atoms with van der Waals surface area (Å²) in [5.41, 5.74) is 4.29. The molecule has 142 valence electrons. The number of para-hydroxylation sites is 2. The molecule has 0 saturated heterocycles. The van der Waals surface area contributed by atoms with Crippen LogP contribution in [0.25, 0.3) is 21.9 Å². The van der Waals surface area contributed by atoms with Crippen LogP contribution in [0.5, 0.6) is 0 Å². The Hall–Kier alpha value is -2.75. The maximum Gasteiger partial charge on any atom is 0.123 e. The van der Waals surface area contributed by atoms with Gasteiger partial charge in [-0.05, 0) is 79.5 Å². The van der Waals surface area contributed by atoms with Gasteiger partial charge in [0.2, 0.25) is 0 Å². The first-order chi connectivity index (χ1) is 13.7. The van der Waals surface area contributed by atoms with E-state index in [1.54, 1.807) is 12.1 Å². The summed E-state index contributed by atoms with van der Waals surface area (Å²) in [5.74, 6) is 2.43. The van der Waals surface area contributed by atoms with E-state index in [4.69, 9.17) is 4.98 Å². The first-order valence-corrected chi connectivity index (χ1v) is 10.2. The van der Waals surface area contributed by atoms with E-state index < -0.39 is 0 Å². The fourth-order valence-electron chi connectivity index (χ4n) is 4.84. The first kappa shape index (κ1) is 17.4. The van der Waals surface area contributed by atoms with Crippen molar-refractivity contribution < 1.29 is 4.39 Å². The van der Waals surface area contributed by atoms with E-state index in [1.807, 2.05) is 18.3 Å². The molecule has 4 aromatic rings. The molecule has 0 amide bonds. The highest BCUT2D eigenvalue weighted by atomic mass is 19.1. The van der Waals surface area contributed by atoms with E-state index in [0.717, 1.165) is 40.6 Å². The summed E-state index contributed by atoms with van der Waals surface area (Å²) < 4.78 is 13.8. The lowest BCUT2D eigenvalue weighted by molar-refractivity contribution is 0.286. The van der Waals surface area contributed by atoms with Crippen LogP contribution in [0.3, 0.4) is 0 Å². The Morgan fingerprint density at radius 2 is 1.82 bits per heavy atom. The van der Waals surface area contributed by atoms with Gasteiger partial charge in [-0.2, -0.15) is 0 Å². The zero-order chi connectivity index (χ0) is 19.1. The Labute approximate surface area is 164 Å². The van der Waals surface area contributed by atoms with Crippen molar-refractivity contribution in [3.63, 3.8) is 0 Å². The molecular weight excluding hydrogens is 349 g/mol. The van der Waals surface area contributed by atoms with Crippen molar-refractivity contribution in [1.29, 1.82) is 0 Å². The van der Waals surface area contributed by atoms with Crippen LogP contribution in [0.1, 0.15) is 55.8 Å². The summed E-state index contributed by atoms with van der Waals surface area (Å²) in [7, 11) is 0. The number of aromatic amines is 1. The second-order valence-electron chi connectivity index (χ2n) is 8.10. The summed E-state index contributed by atoms with van der Waals surface area (Å²) in [6.45, 7) is 2.29. The van der Waals surface area contributed by atoms with Gasteiger partial charge in [0.1, 0.15) is 11.6 Å². The van der Waals surface area contributed by atoms with Crippen molar-refractivity contribution in [2.24, 2.45) is 5.92 Å². The standard InChI is InChI=1S/C24H24FN3/c1-15(24-27-22-4-2-3-5-23(22)28-24)16-6-8-17(9-7-16)19-12-13-26-21-11-10-18(25)14-20(19)21/h2-5,10-17H,6-9H2,1H3,(H,27,28)/t15?,16-,17+. The lowest BCUT2D eigenvalue weighted by Crippen LogP contribution is -2.19. The van der Waals surface area contributed by atoms with Crippen molar-refractivity contribution in [2.75, 3.05) is 0 Å². The zero-order valence-electron chi connectivity index (χ0n) is 16.0. The quantitative estimate of drug-likeness (QED) is 0.456. The normalized spacial score (nSPS) is 21.2. The summed E-state index contributed by atoms with van der Waals surface area (Å²) >= 11 is 0. The molecule has 0 bridgehead atoms. The Morgan fingerprint density at radius 1 is 1.00 bits per heavy atom. The largest absolute Gasteiger partial charge is 0.342 e. The summed E-state index contributed by atoms with van der Waals surface area (Å²) in [5, 5.41) is 0.969. The minimum Gasteiger partial charge on any atom is -0.342 e. The van der Waals surface area contributed by atoms with Gasteiger partial charge in [-0.3, -0.25) is 4.98 Å². The zero-order valence-corrected chi connectivity index (χ0v) is 16.0. The summed E-state index contributed by atoms with van der Waals surface area (Å²) in [4.78, 5) is 12.7. The van der Waals surface area contributed by atoms with Crippen molar-refractivity contribution in [3.05, 3.63) is 71.9 Å². The highest BCUT2D eigenvalue weighted by Gasteiger charge is 2.29. The molecule has 0 aliphatic heterocycles. The summed E-state index contributed by atoms with van der Waals surface area (Å²) in [6.07, 6.45) is 6.46. The molecule has 5 rings (SSSR count). The second kappa shape index (κ2) is 7.01. The number of halogens is 1. The highest BCUT2D eigenvalue weighted by molar-refractivity contribution is 5.82. The number of pyridine rings is 1. The van der Waals surface area contributed by atoms with Crippen molar-refractivity contribution in [3.8, 4) is 0 Å². The SMILES string of the molecule is CC(c1nc2ccccc2[nH]1)[C@H]1CC[C@@H](c2ccnc3ccc(F)cc32)CC1.